The number of nitrogens with zero attached hydrogens (tertiary/aromatic N) is 2. The number of imide groups is 1. The van der Waals surface area contributed by atoms with Gasteiger partial charge in [-0.2, -0.15) is 0 Å². The molecule has 0 aliphatic carbocycles. The minimum absolute atomic E-state index is 0.188. The third-order valence-electron chi connectivity index (χ3n) is 5.51. The highest BCUT2D eigenvalue weighted by Crippen LogP contribution is 2.28. The summed E-state index contributed by atoms with van der Waals surface area (Å²) >= 11 is 5.98. The average Bonchev–Trinajstić information content (AvgIpc) is 3.42. The van der Waals surface area contributed by atoms with Gasteiger partial charge in [0.05, 0.1) is 11.1 Å². The number of carbonyl (C=O) groups excluding carboxylic acids is 3. The summed E-state index contributed by atoms with van der Waals surface area (Å²) in [5.74, 6) is -1.48. The van der Waals surface area contributed by atoms with Gasteiger partial charge in [-0.3, -0.25) is 19.3 Å². The Bertz CT molecular complexity index is 1420. The lowest BCUT2D eigenvalue weighted by Gasteiger charge is -2.23. The summed E-state index contributed by atoms with van der Waals surface area (Å²) in [4.78, 5) is 46.0. The van der Waals surface area contributed by atoms with E-state index in [-0.39, 0.29) is 6.42 Å². The topological polar surface area (TPSA) is 66.8 Å². The summed E-state index contributed by atoms with van der Waals surface area (Å²) in [6.07, 6.45) is 0.188. The van der Waals surface area contributed by atoms with Crippen molar-refractivity contribution in [2.24, 2.45) is 4.99 Å². The fourth-order valence-electron chi connectivity index (χ4n) is 3.84. The monoisotopic (exact) mass is 504 g/mol. The molecule has 168 valence electrons. The van der Waals surface area contributed by atoms with Crippen LogP contribution in [0.15, 0.2) is 89.9 Å². The van der Waals surface area contributed by atoms with Crippen LogP contribution in [-0.2, 0) is 11.2 Å². The van der Waals surface area contributed by atoms with Crippen molar-refractivity contribution >= 4 is 50.0 Å². The zero-order valence-corrected chi connectivity index (χ0v) is 20.1. The highest BCUT2D eigenvalue weighted by Gasteiger charge is 2.42. The third-order valence-corrected chi connectivity index (χ3v) is 8.06. The first kappa shape index (κ1) is 22.4. The Kier molecular flexibility index (Phi) is 6.24. The fraction of sp³-hybridized carbons (Fsp3) is 0.0769. The molecule has 0 fully saturated rings. The van der Waals surface area contributed by atoms with Gasteiger partial charge in [-0.1, -0.05) is 86.9 Å². The number of benzene rings is 3. The molecule has 34 heavy (non-hydrogen) atoms. The summed E-state index contributed by atoms with van der Waals surface area (Å²) < 4.78 is 0.523. The minimum atomic E-state index is -1.04. The molecule has 2 heterocycles. The van der Waals surface area contributed by atoms with Crippen LogP contribution in [0.3, 0.4) is 0 Å². The van der Waals surface area contributed by atoms with E-state index in [2.05, 4.69) is 4.99 Å². The van der Waals surface area contributed by atoms with Crippen LogP contribution >= 0.6 is 32.3 Å². The predicted molar refractivity (Wildman–Crippen MR) is 134 cm³/mol. The Morgan fingerprint density at radius 1 is 0.853 bits per heavy atom. The van der Waals surface area contributed by atoms with Crippen molar-refractivity contribution in [1.29, 1.82) is 0 Å². The van der Waals surface area contributed by atoms with E-state index in [0.29, 0.717) is 20.8 Å². The van der Waals surface area contributed by atoms with Crippen LogP contribution in [-0.4, -0.2) is 28.7 Å². The Labute approximate surface area is 208 Å². The van der Waals surface area contributed by atoms with E-state index >= 15 is 0 Å². The van der Waals surface area contributed by atoms with Crippen molar-refractivity contribution in [3.63, 3.8) is 0 Å². The lowest BCUT2D eigenvalue weighted by molar-refractivity contribution is -0.121. The summed E-state index contributed by atoms with van der Waals surface area (Å²) in [7, 11) is 2.86. The van der Waals surface area contributed by atoms with Crippen molar-refractivity contribution in [2.45, 2.75) is 12.5 Å². The molecule has 0 saturated carbocycles. The summed E-state index contributed by atoms with van der Waals surface area (Å²) in [6, 6.07) is 24.2. The number of halogens is 1. The van der Waals surface area contributed by atoms with E-state index in [4.69, 9.17) is 11.6 Å². The average molecular weight is 505 g/mol. The number of rotatable bonds is 5. The third kappa shape index (κ3) is 4.37. The number of hydrogen-bond donors (Lipinski definition) is 0. The number of amides is 3. The van der Waals surface area contributed by atoms with Gasteiger partial charge in [0.25, 0.3) is 17.7 Å². The van der Waals surface area contributed by atoms with E-state index in [0.717, 1.165) is 20.9 Å². The Hall–Kier alpha value is -3.39. The van der Waals surface area contributed by atoms with Gasteiger partial charge < -0.3 is 0 Å². The molecular weight excluding hydrogens is 488 g/mol. The highest BCUT2D eigenvalue weighted by molar-refractivity contribution is 7.69. The van der Waals surface area contributed by atoms with Crippen molar-refractivity contribution in [1.82, 2.24) is 4.90 Å². The summed E-state index contributed by atoms with van der Waals surface area (Å²) in [5, 5.41) is 0.647. The molecule has 3 aromatic carbocycles. The Morgan fingerprint density at radius 2 is 1.47 bits per heavy atom. The van der Waals surface area contributed by atoms with Gasteiger partial charge in [0, 0.05) is 16.3 Å². The Morgan fingerprint density at radius 3 is 2.12 bits per heavy atom. The van der Waals surface area contributed by atoms with Crippen LogP contribution in [0.5, 0.6) is 0 Å². The first-order valence-electron chi connectivity index (χ1n) is 10.5. The van der Waals surface area contributed by atoms with Gasteiger partial charge in [0.1, 0.15) is 10.7 Å². The van der Waals surface area contributed by atoms with Gasteiger partial charge in [-0.05, 0) is 41.5 Å². The molecule has 1 atom stereocenters. The molecule has 0 N–H and O–H groups in total. The van der Waals surface area contributed by atoms with Crippen LogP contribution < -0.4 is 4.67 Å². The smallest absolute Gasteiger partial charge is 0.270 e. The van der Waals surface area contributed by atoms with Gasteiger partial charge in [-0.15, -0.1) is 0 Å². The van der Waals surface area contributed by atoms with E-state index in [9.17, 15) is 14.4 Å². The van der Waals surface area contributed by atoms with E-state index in [1.165, 1.54) is 20.7 Å². The second-order valence-corrected chi connectivity index (χ2v) is 10.3. The normalized spacial score (nSPS) is 14.4. The van der Waals surface area contributed by atoms with Gasteiger partial charge in [-0.25, -0.2) is 4.99 Å². The summed E-state index contributed by atoms with van der Waals surface area (Å²) in [6.45, 7) is 0. The number of hydrogen-bond acceptors (Lipinski definition) is 5. The zero-order chi connectivity index (χ0) is 23.7. The SMILES string of the molecule is O=C(N=c1cc(-c2ccc(Cl)cc2)ss1)C(Cc1ccccc1)N1C(=O)c2ccccc2C1=O. The van der Waals surface area contributed by atoms with Crippen molar-refractivity contribution < 1.29 is 14.4 Å². The van der Waals surface area contributed by atoms with Crippen LogP contribution in [0, 0.1) is 0 Å². The first-order chi connectivity index (χ1) is 16.5. The molecule has 1 aliphatic heterocycles. The molecule has 4 aromatic rings. The van der Waals surface area contributed by atoms with Crippen LogP contribution in [0.25, 0.3) is 10.4 Å². The van der Waals surface area contributed by atoms with Gasteiger partial charge >= 0.3 is 0 Å². The van der Waals surface area contributed by atoms with E-state index in [1.54, 1.807) is 36.4 Å². The van der Waals surface area contributed by atoms with Crippen molar-refractivity contribution in [2.75, 3.05) is 0 Å². The molecule has 5 rings (SSSR count). The fourth-order valence-corrected chi connectivity index (χ4v) is 6.12. The second kappa shape index (κ2) is 9.46. The van der Waals surface area contributed by atoms with E-state index in [1.807, 2.05) is 48.5 Å². The highest BCUT2D eigenvalue weighted by atomic mass is 35.5. The molecule has 8 heteroatoms. The maximum atomic E-state index is 13.4. The van der Waals surface area contributed by atoms with E-state index < -0.39 is 23.8 Å². The molecule has 0 radical (unpaired) electrons. The molecule has 1 unspecified atom stereocenters. The van der Waals surface area contributed by atoms with Crippen LogP contribution in [0.4, 0.5) is 0 Å². The first-order valence-corrected chi connectivity index (χ1v) is 13.0. The number of carbonyl (C=O) groups is 3. The molecule has 3 amide bonds. The maximum Gasteiger partial charge on any atom is 0.270 e. The molecule has 0 spiro atoms. The van der Waals surface area contributed by atoms with Crippen molar-refractivity contribution in [3.8, 4) is 10.4 Å². The lowest BCUT2D eigenvalue weighted by Crippen LogP contribution is -2.46. The van der Waals surface area contributed by atoms with Crippen LogP contribution in [0.2, 0.25) is 5.02 Å². The maximum absolute atomic E-state index is 13.4. The van der Waals surface area contributed by atoms with Crippen LogP contribution in [0.1, 0.15) is 26.3 Å². The molecule has 0 bridgehead atoms. The Balaban J connectivity index is 1.50. The molecule has 5 nitrogen and oxygen atoms in total. The predicted octanol–water partition coefficient (Wildman–Crippen LogP) is 5.46. The molecule has 0 saturated heterocycles. The largest absolute Gasteiger partial charge is 0.270 e. The lowest BCUT2D eigenvalue weighted by atomic mass is 10.0. The van der Waals surface area contributed by atoms with Crippen molar-refractivity contribution in [3.05, 3.63) is 111 Å². The zero-order valence-electron chi connectivity index (χ0n) is 17.7. The quantitative estimate of drug-likeness (QED) is 0.267. The standard InChI is InChI=1S/C26H17ClN2O3S2/c27-18-12-10-17(11-13-18)22-15-23(34-33-22)28-24(30)21(14-16-6-2-1-3-7-16)29-25(31)19-8-4-5-9-20(19)26(29)32/h1-13,15,21H,14H2. The second-order valence-electron chi connectivity index (χ2n) is 7.70. The minimum Gasteiger partial charge on any atom is -0.270 e. The molecule has 1 aromatic heterocycles. The number of fused-ring (bicyclic) bond motifs is 1. The molecular formula is C26H17ClN2O3S2. The van der Waals surface area contributed by atoms with Gasteiger partial charge in [0.2, 0.25) is 0 Å². The van der Waals surface area contributed by atoms with Gasteiger partial charge in [0.15, 0.2) is 0 Å². The summed E-state index contributed by atoms with van der Waals surface area (Å²) in [5.41, 5.74) is 2.42. The molecule has 1 aliphatic rings.